The molecular weight excluding hydrogens is 508 g/mol. The largest absolute Gasteiger partial charge is 0.493 e. The molecule has 170 valence electrons. The van der Waals surface area contributed by atoms with Gasteiger partial charge in [-0.15, -0.1) is 0 Å². The van der Waals surface area contributed by atoms with Gasteiger partial charge in [0, 0.05) is 10.0 Å². The molecule has 1 aromatic carbocycles. The van der Waals surface area contributed by atoms with E-state index in [0.717, 1.165) is 41.5 Å². The average molecular weight is 536 g/mol. The van der Waals surface area contributed by atoms with Crippen LogP contribution in [0, 0.1) is 23.2 Å². The number of benzene rings is 1. The third-order valence-electron chi connectivity index (χ3n) is 7.25. The average Bonchev–Trinajstić information content (AvgIpc) is 2.99. The molecule has 1 heterocycles. The molecule has 8 heteroatoms. The van der Waals surface area contributed by atoms with Crippen LogP contribution in [0.4, 0.5) is 0 Å². The Morgan fingerprint density at radius 3 is 2.56 bits per heavy atom. The van der Waals surface area contributed by atoms with Crippen molar-refractivity contribution in [1.82, 2.24) is 10.4 Å². The van der Waals surface area contributed by atoms with Gasteiger partial charge in [0.2, 0.25) is 5.91 Å². The molecule has 6 rings (SSSR count). The van der Waals surface area contributed by atoms with Crippen LogP contribution in [-0.2, 0) is 9.59 Å². The summed E-state index contributed by atoms with van der Waals surface area (Å²) < 4.78 is 7.11. The first-order valence-electron chi connectivity index (χ1n) is 11.4. The van der Waals surface area contributed by atoms with Gasteiger partial charge in [-0.3, -0.25) is 15.0 Å². The highest BCUT2D eigenvalue weighted by molar-refractivity contribution is 9.10. The number of amides is 2. The van der Waals surface area contributed by atoms with E-state index in [1.165, 1.54) is 36.0 Å². The molecule has 4 aliphatic carbocycles. The van der Waals surface area contributed by atoms with E-state index in [0.29, 0.717) is 33.6 Å². The van der Waals surface area contributed by atoms with Crippen LogP contribution in [0.25, 0.3) is 6.08 Å². The van der Waals surface area contributed by atoms with Crippen LogP contribution in [0.15, 0.2) is 27.6 Å². The van der Waals surface area contributed by atoms with E-state index < -0.39 is 0 Å². The van der Waals surface area contributed by atoms with E-state index in [1.54, 1.807) is 6.08 Å². The number of hydrogen-bond donors (Lipinski definition) is 1. The fraction of sp³-hybridized carbons (Fsp3) is 0.542. The van der Waals surface area contributed by atoms with Crippen molar-refractivity contribution < 1.29 is 14.3 Å². The van der Waals surface area contributed by atoms with Gasteiger partial charge < -0.3 is 4.74 Å². The lowest BCUT2D eigenvalue weighted by Crippen LogP contribution is -2.57. The first-order valence-corrected chi connectivity index (χ1v) is 13.4. The van der Waals surface area contributed by atoms with Crippen LogP contribution in [0.5, 0.6) is 5.75 Å². The third kappa shape index (κ3) is 4.14. The molecule has 2 amide bonds. The summed E-state index contributed by atoms with van der Waals surface area (Å²) >= 11 is 10.2. The summed E-state index contributed by atoms with van der Waals surface area (Å²) in [4.78, 5) is 27.1. The van der Waals surface area contributed by atoms with Crippen LogP contribution in [0.2, 0.25) is 0 Å². The maximum absolute atomic E-state index is 13.4. The second-order valence-electron chi connectivity index (χ2n) is 9.69. The summed E-state index contributed by atoms with van der Waals surface area (Å²) in [5, 5.41) is 1.28. The number of carbonyl (C=O) groups excluding carboxylic acids is 2. The number of thiocarbonyl (C=S) groups is 1. The SMILES string of the molecule is CCCOc1ccc(Br)cc1/C=C1/SC(=S)N(NC(=O)C23CC4CC(CC(C4)C2)C3)C1=O. The molecule has 1 aromatic rings. The van der Waals surface area contributed by atoms with Crippen molar-refractivity contribution in [2.45, 2.75) is 51.9 Å². The lowest BCUT2D eigenvalue weighted by Gasteiger charge is -2.55. The van der Waals surface area contributed by atoms with Crippen molar-refractivity contribution >= 4 is 62.1 Å². The van der Waals surface area contributed by atoms with Gasteiger partial charge in [0.1, 0.15) is 5.75 Å². The summed E-state index contributed by atoms with van der Waals surface area (Å²) in [5.41, 5.74) is 3.39. The molecule has 0 aromatic heterocycles. The molecule has 4 saturated carbocycles. The van der Waals surface area contributed by atoms with Crippen LogP contribution < -0.4 is 10.2 Å². The number of carbonyl (C=O) groups is 2. The number of nitrogens with one attached hydrogen (secondary N) is 1. The van der Waals surface area contributed by atoms with Crippen LogP contribution in [-0.4, -0.2) is 27.8 Å². The van der Waals surface area contributed by atoms with Crippen molar-refractivity contribution in [2.75, 3.05) is 6.61 Å². The molecule has 1 saturated heterocycles. The van der Waals surface area contributed by atoms with Gasteiger partial charge >= 0.3 is 0 Å². The molecule has 0 atom stereocenters. The van der Waals surface area contributed by atoms with Crippen LogP contribution in [0.3, 0.4) is 0 Å². The second-order valence-corrected chi connectivity index (χ2v) is 12.3. The minimum Gasteiger partial charge on any atom is -0.493 e. The Balaban J connectivity index is 1.34. The van der Waals surface area contributed by atoms with Crippen molar-refractivity contribution in [2.24, 2.45) is 23.2 Å². The lowest BCUT2D eigenvalue weighted by molar-refractivity contribution is -0.152. The molecule has 0 unspecified atom stereocenters. The first-order chi connectivity index (χ1) is 15.4. The molecule has 32 heavy (non-hydrogen) atoms. The van der Waals surface area contributed by atoms with Gasteiger partial charge in [-0.25, -0.2) is 0 Å². The maximum atomic E-state index is 13.4. The number of hydrogen-bond acceptors (Lipinski definition) is 5. The second kappa shape index (κ2) is 8.76. The summed E-state index contributed by atoms with van der Waals surface area (Å²) in [6, 6.07) is 5.73. The van der Waals surface area contributed by atoms with E-state index in [1.807, 2.05) is 18.2 Å². The van der Waals surface area contributed by atoms with E-state index in [-0.39, 0.29) is 17.2 Å². The fourth-order valence-corrected chi connectivity index (χ4v) is 7.84. The number of hydrazine groups is 1. The quantitative estimate of drug-likeness (QED) is 0.375. The van der Waals surface area contributed by atoms with Crippen molar-refractivity contribution in [1.29, 1.82) is 0 Å². The molecule has 1 N–H and O–H groups in total. The van der Waals surface area contributed by atoms with Crippen molar-refractivity contribution in [3.63, 3.8) is 0 Å². The minimum atomic E-state index is -0.326. The van der Waals surface area contributed by atoms with E-state index in [2.05, 4.69) is 28.3 Å². The van der Waals surface area contributed by atoms with Crippen LogP contribution >= 0.6 is 39.9 Å². The number of rotatable bonds is 6. The van der Waals surface area contributed by atoms with Crippen LogP contribution in [0.1, 0.15) is 57.4 Å². The van der Waals surface area contributed by atoms with Crippen molar-refractivity contribution in [3.8, 4) is 5.75 Å². The summed E-state index contributed by atoms with van der Waals surface area (Å²) in [7, 11) is 0. The standard InChI is InChI=1S/C24H27BrN2O3S2/c1-2-5-30-19-4-3-18(25)9-17(19)10-20-21(28)27(23(31)32-20)26-22(29)24-11-14-6-15(12-24)8-16(7-14)13-24/h3-4,9-10,14-16H,2,5-8,11-13H2,1H3,(H,26,29)/b20-10+. The van der Waals surface area contributed by atoms with E-state index in [9.17, 15) is 9.59 Å². The highest BCUT2D eigenvalue weighted by atomic mass is 79.9. The van der Waals surface area contributed by atoms with Gasteiger partial charge in [0.05, 0.1) is 16.9 Å². The summed E-state index contributed by atoms with van der Waals surface area (Å²) in [6.07, 6.45) is 9.35. The maximum Gasteiger partial charge on any atom is 0.285 e. The third-order valence-corrected chi connectivity index (χ3v) is 9.04. The van der Waals surface area contributed by atoms with Gasteiger partial charge in [-0.2, -0.15) is 5.01 Å². The lowest BCUT2D eigenvalue weighted by atomic mass is 9.49. The molecule has 4 bridgehead atoms. The number of ether oxygens (including phenoxy) is 1. The Labute approximate surface area is 206 Å². The zero-order chi connectivity index (χ0) is 22.5. The molecular formula is C24H27BrN2O3S2. The summed E-state index contributed by atoms with van der Waals surface area (Å²) in [6.45, 7) is 2.65. The smallest absolute Gasteiger partial charge is 0.285 e. The Bertz CT molecular complexity index is 974. The number of thioether (sulfide) groups is 1. The minimum absolute atomic E-state index is 0.0245. The topological polar surface area (TPSA) is 58.6 Å². The van der Waals surface area contributed by atoms with Gasteiger partial charge in [-0.05, 0) is 99.2 Å². The van der Waals surface area contributed by atoms with Crippen molar-refractivity contribution in [3.05, 3.63) is 33.1 Å². The fourth-order valence-electron chi connectivity index (χ4n) is 6.29. The molecule has 5 aliphatic rings. The zero-order valence-corrected chi connectivity index (χ0v) is 21.3. The Hall–Kier alpha value is -1.38. The van der Waals surface area contributed by atoms with E-state index in [4.69, 9.17) is 17.0 Å². The number of nitrogens with zero attached hydrogens (tertiary/aromatic N) is 1. The van der Waals surface area contributed by atoms with Gasteiger partial charge in [0.15, 0.2) is 4.32 Å². The molecule has 0 radical (unpaired) electrons. The highest BCUT2D eigenvalue weighted by Crippen LogP contribution is 2.60. The predicted molar refractivity (Wildman–Crippen MR) is 134 cm³/mol. The van der Waals surface area contributed by atoms with Gasteiger partial charge in [0.25, 0.3) is 5.91 Å². The Morgan fingerprint density at radius 1 is 1.28 bits per heavy atom. The first kappa shape index (κ1) is 22.4. The molecule has 5 fully saturated rings. The zero-order valence-electron chi connectivity index (χ0n) is 18.1. The Kier molecular flexibility index (Phi) is 6.14. The molecule has 1 aliphatic heterocycles. The highest BCUT2D eigenvalue weighted by Gasteiger charge is 2.55. The monoisotopic (exact) mass is 534 g/mol. The van der Waals surface area contributed by atoms with E-state index >= 15 is 0 Å². The normalized spacial score (nSPS) is 32.1. The number of halogens is 1. The Morgan fingerprint density at radius 2 is 1.94 bits per heavy atom. The van der Waals surface area contributed by atoms with Gasteiger partial charge in [-0.1, -0.05) is 34.6 Å². The summed E-state index contributed by atoms with van der Waals surface area (Å²) in [5.74, 6) is 2.41. The molecule has 0 spiro atoms. The predicted octanol–water partition coefficient (Wildman–Crippen LogP) is 5.69. The molecule has 5 nitrogen and oxygen atoms in total.